The molecule has 3 aliphatic rings. The summed E-state index contributed by atoms with van der Waals surface area (Å²) in [7, 11) is 0. The van der Waals surface area contributed by atoms with E-state index in [0.29, 0.717) is 38.5 Å². The summed E-state index contributed by atoms with van der Waals surface area (Å²) < 4.78 is 0. The first kappa shape index (κ1) is 26.3. The fourth-order valence-corrected chi connectivity index (χ4v) is 2.40. The second kappa shape index (κ2) is 12.7. The van der Waals surface area contributed by atoms with Crippen molar-refractivity contribution in [1.82, 2.24) is 16.0 Å². The summed E-state index contributed by atoms with van der Waals surface area (Å²) in [6.45, 7) is 0. The third-order valence-corrected chi connectivity index (χ3v) is 3.88. The Hall–Kier alpha value is -1.66. The molecule has 3 atom stereocenters. The predicted octanol–water partition coefficient (Wildman–Crippen LogP) is -1.95. The van der Waals surface area contributed by atoms with Crippen LogP contribution in [0.5, 0.6) is 0 Å². The van der Waals surface area contributed by atoms with Gasteiger partial charge in [-0.3, -0.25) is 14.4 Å². The molecule has 3 saturated heterocycles. The normalized spacial score (nSPS) is 24.9. The predicted molar refractivity (Wildman–Crippen MR) is 86.4 cm³/mol. The molecule has 3 heterocycles. The van der Waals surface area contributed by atoms with Crippen LogP contribution in [0.4, 0.5) is 0 Å². The second-order valence-corrected chi connectivity index (χ2v) is 5.99. The standard InChI is InChI=1S/3C5H7NO3.Yb/c3*7-4-2-1-3(6-4)5(8)9;/h3*3H,1-2H2,(H,6,7)(H,8,9);/t3*3-;/m000./s1. The van der Waals surface area contributed by atoms with Crippen LogP contribution in [0.2, 0.25) is 0 Å². The van der Waals surface area contributed by atoms with Crippen LogP contribution in [-0.4, -0.2) is 69.1 Å². The first-order chi connectivity index (χ1) is 12.6. The minimum Gasteiger partial charge on any atom is -0.480 e. The molecule has 0 aromatic carbocycles. The van der Waals surface area contributed by atoms with Gasteiger partial charge in [-0.15, -0.1) is 0 Å². The van der Waals surface area contributed by atoms with Crippen LogP contribution in [0.25, 0.3) is 0 Å². The van der Waals surface area contributed by atoms with E-state index >= 15 is 0 Å². The molecule has 3 rings (SSSR count). The Kier molecular flexibility index (Phi) is 12.0. The van der Waals surface area contributed by atoms with Crippen LogP contribution in [-0.2, 0) is 28.8 Å². The monoisotopic (exact) mass is 561 g/mol. The van der Waals surface area contributed by atoms with Crippen LogP contribution >= 0.6 is 0 Å². The van der Waals surface area contributed by atoms with Crippen molar-refractivity contribution in [3.05, 3.63) is 0 Å². The number of carbonyl (C=O) groups excluding carboxylic acids is 3. The fourth-order valence-electron chi connectivity index (χ4n) is 2.40. The molecular formula is C15H21N3O9Yb. The van der Waals surface area contributed by atoms with Gasteiger partial charge in [-0.25, -0.2) is 14.4 Å². The summed E-state index contributed by atoms with van der Waals surface area (Å²) in [5.41, 5.74) is 0. The molecule has 0 aliphatic carbocycles. The van der Waals surface area contributed by atoms with Gasteiger partial charge in [-0.1, -0.05) is 0 Å². The van der Waals surface area contributed by atoms with E-state index in [1.165, 1.54) is 0 Å². The van der Waals surface area contributed by atoms with Gasteiger partial charge in [0, 0.05) is 66.2 Å². The average Bonchev–Trinajstić information content (AvgIpc) is 3.30. The Morgan fingerprint density at radius 2 is 0.821 bits per heavy atom. The van der Waals surface area contributed by atoms with E-state index in [9.17, 15) is 28.8 Å². The molecule has 0 aromatic rings. The first-order valence-electron chi connectivity index (χ1n) is 8.16. The van der Waals surface area contributed by atoms with E-state index in [1.807, 2.05) is 0 Å². The zero-order valence-electron chi connectivity index (χ0n) is 14.5. The number of aliphatic carboxylic acids is 3. The maximum absolute atomic E-state index is 10.4. The van der Waals surface area contributed by atoms with Crippen molar-refractivity contribution in [2.75, 3.05) is 0 Å². The minimum atomic E-state index is -0.944. The average molecular weight is 560 g/mol. The molecule has 0 radical (unpaired) electrons. The zero-order chi connectivity index (χ0) is 20.6. The van der Waals surface area contributed by atoms with E-state index in [1.54, 1.807) is 0 Å². The van der Waals surface area contributed by atoms with Crippen molar-refractivity contribution in [1.29, 1.82) is 0 Å². The molecule has 0 saturated carbocycles. The molecule has 0 bridgehead atoms. The van der Waals surface area contributed by atoms with Crippen molar-refractivity contribution in [3.63, 3.8) is 0 Å². The Morgan fingerprint density at radius 1 is 0.607 bits per heavy atom. The molecule has 164 valence electrons. The van der Waals surface area contributed by atoms with Gasteiger partial charge in [-0.05, 0) is 19.3 Å². The number of carboxylic acid groups (broad SMARTS) is 3. The van der Waals surface area contributed by atoms with Crippen LogP contribution in [0.1, 0.15) is 38.5 Å². The first-order valence-corrected chi connectivity index (χ1v) is 8.16. The van der Waals surface area contributed by atoms with Crippen LogP contribution < -0.4 is 16.0 Å². The Balaban J connectivity index is 0.000000384. The molecule has 28 heavy (non-hydrogen) atoms. The molecule has 0 aromatic heterocycles. The zero-order valence-corrected chi connectivity index (χ0v) is 16.2. The summed E-state index contributed by atoms with van der Waals surface area (Å²) in [5, 5.41) is 31.9. The number of hydrogen-bond donors (Lipinski definition) is 6. The quantitative estimate of drug-likeness (QED) is 0.227. The SMILES string of the molecule is O=C1CC[C@@H](C(=O)O)N1.O=C1CC[C@@H](C(=O)O)N1.O=C1CC[C@@H](C(=O)O)N1.[Yb]. The molecule has 0 unspecified atom stereocenters. The summed E-state index contributed by atoms with van der Waals surface area (Å²) in [4.78, 5) is 61.5. The van der Waals surface area contributed by atoms with Crippen LogP contribution in [0.15, 0.2) is 0 Å². The molecular weight excluding hydrogens is 539 g/mol. The van der Waals surface area contributed by atoms with E-state index in [0.717, 1.165) is 0 Å². The summed E-state index contributed by atoms with van der Waals surface area (Å²) in [6.07, 6.45) is 2.31. The summed E-state index contributed by atoms with van der Waals surface area (Å²) >= 11 is 0. The molecule has 0 spiro atoms. The van der Waals surface area contributed by atoms with Crippen LogP contribution in [0, 0.1) is 46.9 Å². The largest absolute Gasteiger partial charge is 0.480 e. The Labute approximate surface area is 198 Å². The molecule has 12 nitrogen and oxygen atoms in total. The number of rotatable bonds is 3. The minimum absolute atomic E-state index is 0. The van der Waals surface area contributed by atoms with Crippen molar-refractivity contribution in [2.24, 2.45) is 0 Å². The number of hydrogen-bond acceptors (Lipinski definition) is 6. The van der Waals surface area contributed by atoms with E-state index < -0.39 is 36.0 Å². The number of amides is 3. The van der Waals surface area contributed by atoms with Gasteiger partial charge in [0.05, 0.1) is 0 Å². The number of nitrogens with one attached hydrogen (secondary N) is 3. The third-order valence-electron chi connectivity index (χ3n) is 3.88. The third kappa shape index (κ3) is 9.51. The van der Waals surface area contributed by atoms with Gasteiger partial charge in [-0.2, -0.15) is 0 Å². The van der Waals surface area contributed by atoms with Crippen LogP contribution in [0.3, 0.4) is 0 Å². The maximum Gasteiger partial charge on any atom is 0.326 e. The number of carbonyl (C=O) groups is 6. The molecule has 3 amide bonds. The van der Waals surface area contributed by atoms with E-state index in [4.69, 9.17) is 15.3 Å². The van der Waals surface area contributed by atoms with Gasteiger partial charge in [0.25, 0.3) is 0 Å². The topological polar surface area (TPSA) is 199 Å². The molecule has 3 fully saturated rings. The smallest absolute Gasteiger partial charge is 0.326 e. The Bertz CT molecular complexity index is 555. The van der Waals surface area contributed by atoms with Crippen molar-refractivity contribution < 1.29 is 91.0 Å². The summed E-state index contributed by atoms with van der Waals surface area (Å²) in [6, 6.07) is -1.92. The fraction of sp³-hybridized carbons (Fsp3) is 0.600. The molecule has 13 heteroatoms. The van der Waals surface area contributed by atoms with Crippen molar-refractivity contribution in [2.45, 2.75) is 56.7 Å². The molecule has 3 aliphatic heterocycles. The number of carboxylic acids is 3. The van der Waals surface area contributed by atoms with Gasteiger partial charge in [0.1, 0.15) is 18.1 Å². The summed E-state index contributed by atoms with van der Waals surface area (Å²) in [5.74, 6) is -3.32. The molecule has 6 N–H and O–H groups in total. The second-order valence-electron chi connectivity index (χ2n) is 5.99. The maximum atomic E-state index is 10.4. The van der Waals surface area contributed by atoms with E-state index in [2.05, 4.69) is 16.0 Å². The van der Waals surface area contributed by atoms with Crippen molar-refractivity contribution in [3.8, 4) is 0 Å². The van der Waals surface area contributed by atoms with Gasteiger partial charge in [0.15, 0.2) is 0 Å². The Morgan fingerprint density at radius 3 is 0.893 bits per heavy atom. The van der Waals surface area contributed by atoms with Gasteiger partial charge < -0.3 is 31.3 Å². The van der Waals surface area contributed by atoms with E-state index in [-0.39, 0.29) is 64.6 Å². The van der Waals surface area contributed by atoms with Crippen molar-refractivity contribution >= 4 is 35.6 Å². The van der Waals surface area contributed by atoms with Gasteiger partial charge in [0.2, 0.25) is 17.7 Å². The van der Waals surface area contributed by atoms with Gasteiger partial charge >= 0.3 is 17.9 Å².